The van der Waals surface area contributed by atoms with Crippen LogP contribution in [0.5, 0.6) is 0 Å². The van der Waals surface area contributed by atoms with Crippen LogP contribution in [0.25, 0.3) is 0 Å². The molecule has 4 N–H and O–H groups in total. The minimum absolute atomic E-state index is 0. The Morgan fingerprint density at radius 1 is 1.71 bits per heavy atom. The van der Waals surface area contributed by atoms with E-state index in [1.807, 2.05) is 0 Å². The monoisotopic (exact) mass is 140 g/mol. The summed E-state index contributed by atoms with van der Waals surface area (Å²) < 4.78 is 0. The van der Waals surface area contributed by atoms with Crippen molar-refractivity contribution in [1.82, 2.24) is 0 Å². The number of thiocarbonyl (C=S) groups is 1. The van der Waals surface area contributed by atoms with Gasteiger partial charge in [0, 0.05) is 0 Å². The normalized spacial score (nSPS) is 11.7. The molecule has 0 heterocycles. The van der Waals surface area contributed by atoms with Gasteiger partial charge in [0.1, 0.15) is 0 Å². The third kappa shape index (κ3) is 6.14. The molecule has 2 nitrogen and oxygen atoms in total. The molecule has 0 spiro atoms. The molecule has 0 unspecified atom stereocenters. The minimum atomic E-state index is -0.139. The molecule has 0 fully saturated rings. The first kappa shape index (κ1) is 10.2. The van der Waals surface area contributed by atoms with Crippen molar-refractivity contribution in [3.05, 3.63) is 0 Å². The van der Waals surface area contributed by atoms with Gasteiger partial charge in [0.15, 0.2) is 0 Å². The third-order valence-corrected chi connectivity index (χ3v) is 0.821. The Balaban J connectivity index is 0. The molecular weight excluding hydrogens is 132 g/mol. The van der Waals surface area contributed by atoms with Gasteiger partial charge >= 0.3 is 0 Å². The first-order chi connectivity index (χ1) is 2.64. The summed E-state index contributed by atoms with van der Waals surface area (Å²) in [7, 11) is 0. The average Bonchev–Trinajstić information content (AvgIpc) is 1.36. The van der Waals surface area contributed by atoms with E-state index >= 15 is 0 Å². The molecule has 44 valence electrons. The highest BCUT2D eigenvalue weighted by Gasteiger charge is 1.91. The van der Waals surface area contributed by atoms with E-state index in [0.29, 0.717) is 4.99 Å². The zero-order chi connectivity index (χ0) is 5.15. The van der Waals surface area contributed by atoms with Crippen LogP contribution >= 0.6 is 24.6 Å². The predicted molar refractivity (Wildman–Crippen MR) is 37.7 cm³/mol. The van der Waals surface area contributed by atoms with Crippen LogP contribution in [0.2, 0.25) is 0 Å². The van der Waals surface area contributed by atoms with Crippen molar-refractivity contribution in [3.63, 3.8) is 0 Å². The SMILES string of the molecule is C[C@@H](N)C(N)=S.Cl. The molecule has 0 aromatic heterocycles. The quantitative estimate of drug-likeness (QED) is 0.506. The lowest BCUT2D eigenvalue weighted by atomic mass is 10.4. The maximum absolute atomic E-state index is 5.17. The Hall–Kier alpha value is 0.140. The largest absolute Gasteiger partial charge is 0.392 e. The molecule has 0 bridgehead atoms. The van der Waals surface area contributed by atoms with Crippen LogP contribution in [0.3, 0.4) is 0 Å². The molecule has 1 atom stereocenters. The fourth-order valence-electron chi connectivity index (χ4n) is 0. The topological polar surface area (TPSA) is 52.0 Å². The van der Waals surface area contributed by atoms with Crippen molar-refractivity contribution >= 4 is 29.6 Å². The second-order valence-corrected chi connectivity index (χ2v) is 1.66. The van der Waals surface area contributed by atoms with E-state index in [0.717, 1.165) is 0 Å². The zero-order valence-corrected chi connectivity index (χ0v) is 5.68. The van der Waals surface area contributed by atoms with Gasteiger partial charge in [-0.1, -0.05) is 12.2 Å². The Kier molecular flexibility index (Phi) is 6.26. The highest BCUT2D eigenvalue weighted by atomic mass is 35.5. The van der Waals surface area contributed by atoms with E-state index in [1.54, 1.807) is 6.92 Å². The van der Waals surface area contributed by atoms with Gasteiger partial charge in [0.05, 0.1) is 11.0 Å². The van der Waals surface area contributed by atoms with E-state index in [1.165, 1.54) is 0 Å². The molecule has 0 saturated heterocycles. The molecule has 0 aromatic rings. The maximum atomic E-state index is 5.17. The standard InChI is InChI=1S/C3H8N2S.ClH/c1-2(4)3(5)6;/h2H,4H2,1H3,(H2,5,6);1H/t2-;/m1./s1. The lowest BCUT2D eigenvalue weighted by molar-refractivity contribution is 0.980. The van der Waals surface area contributed by atoms with Crippen LogP contribution in [0.15, 0.2) is 0 Å². The van der Waals surface area contributed by atoms with Gasteiger partial charge in [-0.3, -0.25) is 0 Å². The van der Waals surface area contributed by atoms with Crippen molar-refractivity contribution in [2.75, 3.05) is 0 Å². The fourth-order valence-corrected chi connectivity index (χ4v) is 0. The zero-order valence-electron chi connectivity index (χ0n) is 4.05. The summed E-state index contributed by atoms with van der Waals surface area (Å²) >= 11 is 4.47. The summed E-state index contributed by atoms with van der Waals surface area (Å²) in [5.41, 5.74) is 10.2. The Morgan fingerprint density at radius 3 is 1.86 bits per heavy atom. The van der Waals surface area contributed by atoms with Gasteiger partial charge in [-0.05, 0) is 6.92 Å². The molecule has 7 heavy (non-hydrogen) atoms. The Morgan fingerprint density at radius 2 is 1.86 bits per heavy atom. The lowest BCUT2D eigenvalue weighted by Crippen LogP contribution is -2.31. The van der Waals surface area contributed by atoms with Crippen LogP contribution in [0, 0.1) is 0 Å². The molecule has 0 rings (SSSR count). The smallest absolute Gasteiger partial charge is 0.0894 e. The van der Waals surface area contributed by atoms with Crippen LogP contribution in [-0.4, -0.2) is 11.0 Å². The number of nitrogens with two attached hydrogens (primary N) is 2. The number of hydrogen-bond acceptors (Lipinski definition) is 2. The maximum Gasteiger partial charge on any atom is 0.0894 e. The van der Waals surface area contributed by atoms with Gasteiger partial charge in [-0.25, -0.2) is 0 Å². The molecule has 0 saturated carbocycles. The first-order valence-electron chi connectivity index (χ1n) is 1.69. The molecule has 0 radical (unpaired) electrons. The van der Waals surface area contributed by atoms with Crippen molar-refractivity contribution in [3.8, 4) is 0 Å². The summed E-state index contributed by atoms with van der Waals surface area (Å²) in [5.74, 6) is 0. The van der Waals surface area contributed by atoms with Crippen molar-refractivity contribution in [1.29, 1.82) is 0 Å². The highest BCUT2D eigenvalue weighted by Crippen LogP contribution is 1.70. The molecule has 0 aromatic carbocycles. The van der Waals surface area contributed by atoms with Crippen molar-refractivity contribution in [2.24, 2.45) is 11.5 Å². The van der Waals surface area contributed by atoms with Crippen molar-refractivity contribution < 1.29 is 0 Å². The van der Waals surface area contributed by atoms with Crippen LogP contribution < -0.4 is 11.5 Å². The van der Waals surface area contributed by atoms with E-state index in [2.05, 4.69) is 12.2 Å². The van der Waals surface area contributed by atoms with Crippen LogP contribution in [-0.2, 0) is 0 Å². The summed E-state index contributed by atoms with van der Waals surface area (Å²) in [6.45, 7) is 1.75. The van der Waals surface area contributed by atoms with E-state index < -0.39 is 0 Å². The molecule has 4 heteroatoms. The third-order valence-electron chi connectivity index (χ3n) is 0.449. The second-order valence-electron chi connectivity index (χ2n) is 1.19. The molecular formula is C3H9ClN2S. The van der Waals surface area contributed by atoms with E-state index in [-0.39, 0.29) is 18.4 Å². The van der Waals surface area contributed by atoms with Gasteiger partial charge in [0.25, 0.3) is 0 Å². The van der Waals surface area contributed by atoms with E-state index in [4.69, 9.17) is 11.5 Å². The molecule has 0 amide bonds. The van der Waals surface area contributed by atoms with Crippen molar-refractivity contribution in [2.45, 2.75) is 13.0 Å². The summed E-state index contributed by atoms with van der Waals surface area (Å²) in [6, 6.07) is -0.139. The summed E-state index contributed by atoms with van der Waals surface area (Å²) in [5, 5.41) is 0. The Labute approximate surface area is 54.7 Å². The molecule has 0 aliphatic heterocycles. The first-order valence-corrected chi connectivity index (χ1v) is 2.10. The molecule has 0 aliphatic rings. The van der Waals surface area contributed by atoms with Gasteiger partial charge in [-0.2, -0.15) is 0 Å². The Bertz CT molecular complexity index is 64.0. The van der Waals surface area contributed by atoms with Gasteiger partial charge in [0.2, 0.25) is 0 Å². The fraction of sp³-hybridized carbons (Fsp3) is 0.667. The number of halogens is 1. The van der Waals surface area contributed by atoms with E-state index in [9.17, 15) is 0 Å². The second kappa shape index (κ2) is 4.30. The van der Waals surface area contributed by atoms with Crippen LogP contribution in [0.1, 0.15) is 6.92 Å². The summed E-state index contributed by atoms with van der Waals surface area (Å²) in [6.07, 6.45) is 0. The average molecular weight is 141 g/mol. The van der Waals surface area contributed by atoms with Crippen LogP contribution in [0.4, 0.5) is 0 Å². The minimum Gasteiger partial charge on any atom is -0.392 e. The molecule has 0 aliphatic carbocycles. The lowest BCUT2D eigenvalue weighted by Gasteiger charge is -1.96. The summed E-state index contributed by atoms with van der Waals surface area (Å²) in [4.78, 5) is 0.370. The highest BCUT2D eigenvalue weighted by molar-refractivity contribution is 7.80. The number of hydrogen-bond donors (Lipinski definition) is 2. The predicted octanol–water partition coefficient (Wildman–Crippen LogP) is 0.0415. The number of rotatable bonds is 1. The van der Waals surface area contributed by atoms with Gasteiger partial charge < -0.3 is 11.5 Å². The van der Waals surface area contributed by atoms with Gasteiger partial charge in [-0.15, -0.1) is 12.4 Å².